The molecule has 12 heteroatoms. The first-order valence-electron chi connectivity index (χ1n) is 12.8. The van der Waals surface area contributed by atoms with Crippen LogP contribution in [0.3, 0.4) is 0 Å². The van der Waals surface area contributed by atoms with Crippen molar-refractivity contribution in [1.29, 1.82) is 0 Å². The van der Waals surface area contributed by atoms with Gasteiger partial charge >= 0.3 is 6.18 Å². The molecule has 0 radical (unpaired) electrons. The van der Waals surface area contributed by atoms with Gasteiger partial charge in [-0.05, 0) is 57.2 Å². The van der Waals surface area contributed by atoms with Gasteiger partial charge < -0.3 is 24.7 Å². The minimum Gasteiger partial charge on any atom is -0.493 e. The summed E-state index contributed by atoms with van der Waals surface area (Å²) in [7, 11) is 1.45. The lowest BCUT2D eigenvalue weighted by Crippen LogP contribution is -2.40. The number of nitrogens with zero attached hydrogens (tertiary/aromatic N) is 3. The van der Waals surface area contributed by atoms with Gasteiger partial charge in [0.05, 0.1) is 23.3 Å². The van der Waals surface area contributed by atoms with Gasteiger partial charge in [0.25, 0.3) is 5.91 Å². The van der Waals surface area contributed by atoms with E-state index in [-0.39, 0.29) is 47.2 Å². The normalized spacial score (nSPS) is 19.5. The maximum atomic E-state index is 13.6. The summed E-state index contributed by atoms with van der Waals surface area (Å²) in [6.07, 6.45) is -0.687. The highest BCUT2D eigenvalue weighted by atomic mass is 19.4. The molecule has 9 nitrogen and oxygen atoms in total. The van der Waals surface area contributed by atoms with Crippen LogP contribution in [0.4, 0.5) is 13.2 Å². The molecule has 2 aromatic heterocycles. The fourth-order valence-electron chi connectivity index (χ4n) is 5.06. The molecular formula is C27H30F3N5O4. The molecule has 0 bridgehead atoms. The van der Waals surface area contributed by atoms with E-state index in [4.69, 9.17) is 9.47 Å². The first-order chi connectivity index (χ1) is 18.6. The Hall–Kier alpha value is -3.67. The van der Waals surface area contributed by atoms with E-state index in [0.29, 0.717) is 42.2 Å². The van der Waals surface area contributed by atoms with Crippen LogP contribution in [-0.2, 0) is 15.7 Å². The standard InChI is InChI=1S/C27H30F3N5O4/c1-14-8-18(10-35(14)21(36)12-38-3)34-26(37)22-15(2)33-25-23(31-13-32-24(22)25)19-9-17(27(28,29)30)6-7-20(19)39-11-16-4-5-16/h6-7,9,13-14,16,18,33H,4-5,8,10-12H2,1-3H3,(H,34,37)/t14-,18+/m1/s1. The molecule has 1 aliphatic carbocycles. The third-order valence-corrected chi connectivity index (χ3v) is 7.23. The van der Waals surface area contributed by atoms with E-state index in [1.165, 1.54) is 19.5 Å². The highest BCUT2D eigenvalue weighted by Gasteiger charge is 2.35. The van der Waals surface area contributed by atoms with Crippen LogP contribution in [0.1, 0.15) is 47.8 Å². The summed E-state index contributed by atoms with van der Waals surface area (Å²) in [5.74, 6) is 0.139. The molecule has 0 spiro atoms. The fourth-order valence-corrected chi connectivity index (χ4v) is 5.06. The summed E-state index contributed by atoms with van der Waals surface area (Å²) in [6.45, 7) is 4.33. The smallest absolute Gasteiger partial charge is 0.416 e. The molecule has 208 valence electrons. The summed E-state index contributed by atoms with van der Waals surface area (Å²) in [6, 6.07) is 2.99. The summed E-state index contributed by atoms with van der Waals surface area (Å²) in [5.41, 5.74) is 0.955. The van der Waals surface area contributed by atoms with Gasteiger partial charge in [0.2, 0.25) is 5.91 Å². The van der Waals surface area contributed by atoms with Gasteiger partial charge in [-0.25, -0.2) is 9.97 Å². The van der Waals surface area contributed by atoms with Crippen molar-refractivity contribution in [1.82, 2.24) is 25.2 Å². The zero-order chi connectivity index (χ0) is 27.9. The lowest BCUT2D eigenvalue weighted by Gasteiger charge is -2.20. The molecule has 1 saturated heterocycles. The van der Waals surface area contributed by atoms with Crippen LogP contribution < -0.4 is 10.1 Å². The molecule has 1 aromatic carbocycles. The van der Waals surface area contributed by atoms with Crippen molar-refractivity contribution >= 4 is 22.8 Å². The average molecular weight is 546 g/mol. The minimum atomic E-state index is -4.55. The number of nitrogens with one attached hydrogen (secondary N) is 2. The maximum absolute atomic E-state index is 13.6. The number of rotatable bonds is 8. The van der Waals surface area contributed by atoms with Gasteiger partial charge in [-0.1, -0.05) is 0 Å². The molecule has 5 rings (SSSR count). The van der Waals surface area contributed by atoms with E-state index in [1.54, 1.807) is 11.8 Å². The molecule has 2 fully saturated rings. The molecule has 39 heavy (non-hydrogen) atoms. The van der Waals surface area contributed by atoms with Crippen molar-refractivity contribution in [2.45, 2.75) is 51.4 Å². The first-order valence-corrected chi connectivity index (χ1v) is 12.8. The van der Waals surface area contributed by atoms with Crippen LogP contribution in [-0.4, -0.2) is 70.6 Å². The monoisotopic (exact) mass is 545 g/mol. The van der Waals surface area contributed by atoms with Crippen LogP contribution in [0.15, 0.2) is 24.5 Å². The number of halogens is 3. The van der Waals surface area contributed by atoms with Gasteiger partial charge in [-0.3, -0.25) is 9.59 Å². The SMILES string of the molecule is COCC(=O)N1C[C@@H](NC(=O)c2c(C)[nH]c3c(-c4cc(C(F)(F)F)ccc4OCC4CC4)ncnc23)C[C@H]1C. The predicted octanol–water partition coefficient (Wildman–Crippen LogP) is 4.11. The molecule has 3 heterocycles. The number of carbonyl (C=O) groups excluding carboxylic acids is 2. The van der Waals surface area contributed by atoms with E-state index in [0.717, 1.165) is 25.0 Å². The number of aromatic amines is 1. The van der Waals surface area contributed by atoms with Gasteiger partial charge in [0.15, 0.2) is 0 Å². The number of alkyl halides is 3. The predicted molar refractivity (Wildman–Crippen MR) is 136 cm³/mol. The Morgan fingerprint density at radius 2 is 2.00 bits per heavy atom. The summed E-state index contributed by atoms with van der Waals surface area (Å²) in [4.78, 5) is 39.1. The second kappa shape index (κ2) is 10.5. The van der Waals surface area contributed by atoms with Crippen LogP contribution >= 0.6 is 0 Å². The number of aryl methyl sites for hydroxylation is 1. The van der Waals surface area contributed by atoms with Crippen LogP contribution in [0.2, 0.25) is 0 Å². The van der Waals surface area contributed by atoms with Crippen molar-refractivity contribution in [3.05, 3.63) is 41.3 Å². The fraction of sp³-hybridized carbons (Fsp3) is 0.481. The Morgan fingerprint density at radius 3 is 2.69 bits per heavy atom. The third-order valence-electron chi connectivity index (χ3n) is 7.23. The Morgan fingerprint density at radius 1 is 1.23 bits per heavy atom. The third kappa shape index (κ3) is 5.56. The average Bonchev–Trinajstić information content (AvgIpc) is 3.54. The second-order valence-corrected chi connectivity index (χ2v) is 10.3. The summed E-state index contributed by atoms with van der Waals surface area (Å²) >= 11 is 0. The van der Waals surface area contributed by atoms with Crippen molar-refractivity contribution in [2.75, 3.05) is 26.9 Å². The van der Waals surface area contributed by atoms with E-state index in [2.05, 4.69) is 20.3 Å². The minimum absolute atomic E-state index is 0.0336. The number of aromatic nitrogens is 3. The van der Waals surface area contributed by atoms with Crippen LogP contribution in [0, 0.1) is 12.8 Å². The molecule has 2 N–H and O–H groups in total. The number of ether oxygens (including phenoxy) is 2. The summed E-state index contributed by atoms with van der Waals surface area (Å²) < 4.78 is 51.7. The quantitative estimate of drug-likeness (QED) is 0.441. The molecule has 2 aliphatic rings. The summed E-state index contributed by atoms with van der Waals surface area (Å²) in [5, 5.41) is 2.98. The molecule has 1 aliphatic heterocycles. The van der Waals surface area contributed by atoms with Crippen LogP contribution in [0.5, 0.6) is 5.75 Å². The molecule has 1 saturated carbocycles. The number of amides is 2. The van der Waals surface area contributed by atoms with Gasteiger partial charge in [-0.2, -0.15) is 13.2 Å². The van der Waals surface area contributed by atoms with Gasteiger partial charge in [-0.15, -0.1) is 0 Å². The second-order valence-electron chi connectivity index (χ2n) is 10.3. The number of fused-ring (bicyclic) bond motifs is 1. The number of methoxy groups -OCH3 is 1. The number of hydrogen-bond donors (Lipinski definition) is 2. The number of benzene rings is 1. The van der Waals surface area contributed by atoms with Gasteiger partial charge in [0, 0.05) is 37.0 Å². The Balaban J connectivity index is 1.47. The van der Waals surface area contributed by atoms with Crippen LogP contribution in [0.25, 0.3) is 22.3 Å². The van der Waals surface area contributed by atoms with E-state index >= 15 is 0 Å². The molecule has 0 unspecified atom stereocenters. The number of hydrogen-bond acceptors (Lipinski definition) is 6. The van der Waals surface area contributed by atoms with Crippen molar-refractivity contribution in [3.8, 4) is 17.0 Å². The first kappa shape index (κ1) is 26.9. The van der Waals surface area contributed by atoms with Crippen molar-refractivity contribution in [2.24, 2.45) is 5.92 Å². The largest absolute Gasteiger partial charge is 0.493 e. The topological polar surface area (TPSA) is 109 Å². The molecular weight excluding hydrogens is 515 g/mol. The van der Waals surface area contributed by atoms with E-state index < -0.39 is 17.6 Å². The van der Waals surface area contributed by atoms with Gasteiger partial charge in [0.1, 0.15) is 29.9 Å². The highest BCUT2D eigenvalue weighted by Crippen LogP contribution is 2.40. The Kier molecular flexibility index (Phi) is 7.23. The Bertz CT molecular complexity index is 1400. The number of likely N-dealkylation sites (tertiary alicyclic amines) is 1. The lowest BCUT2D eigenvalue weighted by molar-refractivity contribution is -0.137. The molecule has 3 aromatic rings. The van der Waals surface area contributed by atoms with E-state index in [9.17, 15) is 22.8 Å². The lowest BCUT2D eigenvalue weighted by atomic mass is 10.0. The molecule has 2 atom stereocenters. The molecule has 2 amide bonds. The zero-order valence-corrected chi connectivity index (χ0v) is 21.9. The maximum Gasteiger partial charge on any atom is 0.416 e. The van der Waals surface area contributed by atoms with E-state index in [1.807, 2.05) is 6.92 Å². The zero-order valence-electron chi connectivity index (χ0n) is 21.9. The number of carbonyl (C=O) groups is 2. The van der Waals surface area contributed by atoms with Crippen molar-refractivity contribution < 1.29 is 32.2 Å². The van der Waals surface area contributed by atoms with Crippen molar-refractivity contribution in [3.63, 3.8) is 0 Å². The number of H-pyrrole nitrogens is 1. The Labute approximate surface area is 223 Å². The highest BCUT2D eigenvalue weighted by molar-refractivity contribution is 6.09.